The number of benzene rings is 1. The van der Waals surface area contributed by atoms with Crippen LogP contribution in [-0.4, -0.2) is 38.3 Å². The Labute approximate surface area is 112 Å². The van der Waals surface area contributed by atoms with Crippen molar-refractivity contribution in [1.82, 2.24) is 9.62 Å². The van der Waals surface area contributed by atoms with Crippen LogP contribution in [-0.2, 0) is 14.8 Å². The molecule has 1 aliphatic heterocycles. The lowest BCUT2D eigenvalue weighted by atomic mass is 10.2. The Hall–Kier alpha value is -1.60. The van der Waals surface area contributed by atoms with Gasteiger partial charge in [0.05, 0.1) is 4.90 Å². The van der Waals surface area contributed by atoms with Gasteiger partial charge in [0.1, 0.15) is 0 Å². The number of hydrogen-bond donors (Lipinski definition) is 2. The Bertz CT molecular complexity index is 598. The molecule has 7 heteroatoms. The van der Waals surface area contributed by atoms with E-state index in [0.29, 0.717) is 12.2 Å². The third-order valence-electron chi connectivity index (χ3n) is 3.15. The lowest BCUT2D eigenvalue weighted by molar-refractivity contribution is -0.120. The van der Waals surface area contributed by atoms with Gasteiger partial charge in [-0.2, -0.15) is 4.31 Å². The number of amides is 1. The minimum Gasteiger partial charge on any atom is -0.399 e. The van der Waals surface area contributed by atoms with Gasteiger partial charge in [-0.15, -0.1) is 0 Å². The molecule has 1 aromatic rings. The lowest BCUT2D eigenvalue weighted by Crippen LogP contribution is -2.34. The van der Waals surface area contributed by atoms with Gasteiger partial charge in [0.25, 0.3) is 0 Å². The number of carbonyl (C=O) groups excluding carboxylic acids is 1. The normalized spacial score (nSPS) is 17.8. The molecule has 19 heavy (non-hydrogen) atoms. The Morgan fingerprint density at radius 1 is 1.32 bits per heavy atom. The second kappa shape index (κ2) is 5.18. The van der Waals surface area contributed by atoms with E-state index in [-0.39, 0.29) is 30.3 Å². The summed E-state index contributed by atoms with van der Waals surface area (Å²) in [6.07, 6.45) is 0.188. The average Bonchev–Trinajstić information content (AvgIpc) is 2.57. The van der Waals surface area contributed by atoms with E-state index in [9.17, 15) is 13.2 Å². The first kappa shape index (κ1) is 13.8. The summed E-state index contributed by atoms with van der Waals surface area (Å²) in [5, 5.41) is 2.65. The minimum atomic E-state index is -3.56. The van der Waals surface area contributed by atoms with Gasteiger partial charge >= 0.3 is 0 Å². The molecule has 1 aromatic carbocycles. The summed E-state index contributed by atoms with van der Waals surface area (Å²) in [6.45, 7) is 2.60. The third-order valence-corrected chi connectivity index (χ3v) is 5.05. The van der Waals surface area contributed by atoms with Gasteiger partial charge in [-0.3, -0.25) is 4.79 Å². The van der Waals surface area contributed by atoms with E-state index in [4.69, 9.17) is 5.73 Å². The first-order chi connectivity index (χ1) is 8.91. The van der Waals surface area contributed by atoms with Gasteiger partial charge in [-0.05, 0) is 30.7 Å². The zero-order valence-corrected chi connectivity index (χ0v) is 11.5. The summed E-state index contributed by atoms with van der Waals surface area (Å²) in [7, 11) is -3.56. The standard InChI is InChI=1S/C12H17N3O3S/c1-9-8-10(2-3-11(9)13)19(17,18)15-6-4-12(16)14-5-7-15/h2-3,8H,4-7,13H2,1H3,(H,14,16). The highest BCUT2D eigenvalue weighted by atomic mass is 32.2. The SMILES string of the molecule is Cc1cc(S(=O)(=O)N2CCNC(=O)CC2)ccc1N. The van der Waals surface area contributed by atoms with Gasteiger partial charge in [-0.1, -0.05) is 0 Å². The van der Waals surface area contributed by atoms with Crippen LogP contribution >= 0.6 is 0 Å². The second-order valence-corrected chi connectivity index (χ2v) is 6.46. The Morgan fingerprint density at radius 2 is 2.05 bits per heavy atom. The molecule has 0 aromatic heterocycles. The fourth-order valence-electron chi connectivity index (χ4n) is 1.94. The number of nitrogen functional groups attached to an aromatic ring is 1. The number of sulfonamides is 1. The zero-order valence-electron chi connectivity index (χ0n) is 10.7. The Balaban J connectivity index is 2.30. The lowest BCUT2D eigenvalue weighted by Gasteiger charge is -2.19. The van der Waals surface area contributed by atoms with Crippen LogP contribution in [0, 0.1) is 6.92 Å². The van der Waals surface area contributed by atoms with Gasteiger partial charge in [0.2, 0.25) is 15.9 Å². The van der Waals surface area contributed by atoms with Crippen LogP contribution in [0.1, 0.15) is 12.0 Å². The smallest absolute Gasteiger partial charge is 0.243 e. The Morgan fingerprint density at radius 3 is 2.74 bits per heavy atom. The molecule has 0 bridgehead atoms. The fourth-order valence-corrected chi connectivity index (χ4v) is 3.47. The summed E-state index contributed by atoms with van der Waals surface area (Å²) >= 11 is 0. The van der Waals surface area contributed by atoms with Crippen LogP contribution in [0.2, 0.25) is 0 Å². The molecule has 3 N–H and O–H groups in total. The molecule has 1 heterocycles. The maximum absolute atomic E-state index is 12.5. The minimum absolute atomic E-state index is 0.119. The predicted octanol–water partition coefficient (Wildman–Crippen LogP) is 0.0878. The molecule has 0 unspecified atom stereocenters. The van der Waals surface area contributed by atoms with E-state index in [1.165, 1.54) is 10.4 Å². The first-order valence-electron chi connectivity index (χ1n) is 6.04. The molecule has 2 rings (SSSR count). The van der Waals surface area contributed by atoms with Crippen LogP contribution in [0.5, 0.6) is 0 Å². The number of anilines is 1. The monoisotopic (exact) mass is 283 g/mol. The maximum atomic E-state index is 12.5. The molecule has 1 aliphatic rings. The van der Waals surface area contributed by atoms with E-state index < -0.39 is 10.0 Å². The number of nitrogens with zero attached hydrogens (tertiary/aromatic N) is 1. The molecule has 0 atom stereocenters. The number of aryl methyl sites for hydroxylation is 1. The van der Waals surface area contributed by atoms with Crippen molar-refractivity contribution in [3.8, 4) is 0 Å². The van der Waals surface area contributed by atoms with E-state index >= 15 is 0 Å². The van der Waals surface area contributed by atoms with Crippen molar-refractivity contribution in [2.75, 3.05) is 25.4 Å². The highest BCUT2D eigenvalue weighted by Gasteiger charge is 2.26. The zero-order chi connectivity index (χ0) is 14.0. The summed E-state index contributed by atoms with van der Waals surface area (Å²) in [5.74, 6) is -0.119. The van der Waals surface area contributed by atoms with Gasteiger partial charge < -0.3 is 11.1 Å². The highest BCUT2D eigenvalue weighted by molar-refractivity contribution is 7.89. The topological polar surface area (TPSA) is 92.5 Å². The Kier molecular flexibility index (Phi) is 3.77. The molecular formula is C12H17N3O3S. The second-order valence-electron chi connectivity index (χ2n) is 4.52. The molecule has 104 valence electrons. The number of nitrogens with two attached hydrogens (primary N) is 1. The molecular weight excluding hydrogens is 266 g/mol. The first-order valence-corrected chi connectivity index (χ1v) is 7.48. The molecule has 0 saturated carbocycles. The van der Waals surface area contributed by atoms with Crippen molar-refractivity contribution in [2.45, 2.75) is 18.2 Å². The number of nitrogens with one attached hydrogen (secondary N) is 1. The summed E-state index contributed by atoms with van der Waals surface area (Å²) in [6, 6.07) is 4.64. The molecule has 6 nitrogen and oxygen atoms in total. The predicted molar refractivity (Wildman–Crippen MR) is 72.0 cm³/mol. The molecule has 0 spiro atoms. The summed E-state index contributed by atoms with van der Waals surface area (Å²) < 4.78 is 26.2. The quantitative estimate of drug-likeness (QED) is 0.752. The molecule has 1 fully saturated rings. The van der Waals surface area contributed by atoms with Crippen LogP contribution in [0.15, 0.2) is 23.1 Å². The van der Waals surface area contributed by atoms with Gasteiger partial charge in [-0.25, -0.2) is 8.42 Å². The molecule has 1 amide bonds. The van der Waals surface area contributed by atoms with Crippen LogP contribution in [0.3, 0.4) is 0 Å². The van der Waals surface area contributed by atoms with Crippen molar-refractivity contribution in [3.05, 3.63) is 23.8 Å². The highest BCUT2D eigenvalue weighted by Crippen LogP contribution is 2.21. The fraction of sp³-hybridized carbons (Fsp3) is 0.417. The summed E-state index contributed by atoms with van der Waals surface area (Å²) in [5.41, 5.74) is 6.98. The molecule has 0 aliphatic carbocycles. The molecule has 1 saturated heterocycles. The summed E-state index contributed by atoms with van der Waals surface area (Å²) in [4.78, 5) is 11.5. The van der Waals surface area contributed by atoms with Crippen LogP contribution in [0.25, 0.3) is 0 Å². The number of carbonyl (C=O) groups is 1. The van der Waals surface area contributed by atoms with Crippen molar-refractivity contribution in [1.29, 1.82) is 0 Å². The van der Waals surface area contributed by atoms with Gasteiger partial charge in [0.15, 0.2) is 0 Å². The number of hydrogen-bond acceptors (Lipinski definition) is 4. The van der Waals surface area contributed by atoms with Crippen molar-refractivity contribution in [2.24, 2.45) is 0 Å². The van der Waals surface area contributed by atoms with E-state index in [0.717, 1.165) is 5.56 Å². The average molecular weight is 283 g/mol. The van der Waals surface area contributed by atoms with E-state index in [1.54, 1.807) is 19.1 Å². The number of rotatable bonds is 2. The third kappa shape index (κ3) is 2.87. The molecule has 0 radical (unpaired) electrons. The van der Waals surface area contributed by atoms with Crippen molar-refractivity contribution in [3.63, 3.8) is 0 Å². The van der Waals surface area contributed by atoms with E-state index in [1.807, 2.05) is 0 Å². The van der Waals surface area contributed by atoms with Crippen molar-refractivity contribution < 1.29 is 13.2 Å². The van der Waals surface area contributed by atoms with Gasteiger partial charge in [0, 0.05) is 31.7 Å². The van der Waals surface area contributed by atoms with Crippen LogP contribution < -0.4 is 11.1 Å². The van der Waals surface area contributed by atoms with E-state index in [2.05, 4.69) is 5.32 Å². The van der Waals surface area contributed by atoms with Crippen LogP contribution in [0.4, 0.5) is 5.69 Å². The maximum Gasteiger partial charge on any atom is 0.243 e. The van der Waals surface area contributed by atoms with Crippen molar-refractivity contribution >= 4 is 21.6 Å². The largest absolute Gasteiger partial charge is 0.399 e.